The first-order chi connectivity index (χ1) is 18.8. The maximum atomic E-state index is 13.3. The smallest absolute Gasteiger partial charge is 0.335 e. The Morgan fingerprint density at radius 3 is 2.28 bits per heavy atom. The lowest BCUT2D eigenvalue weighted by Gasteiger charge is -2.26. The standard InChI is InChI=1S/C28H25N3O8/c1-3-14-38-22-12-9-20(10-13-22)30-27(33)24(26(32)29-28(30)34)15-19-6-11-23(37-2)16-25(19)39-17-18-4-7-21(8-5-18)31(35)36/h4-13,15-16H,3,14,17H2,1-2H3,(H,29,32,34)/b24-15-. The van der Waals surface area contributed by atoms with Crippen LogP contribution in [0.15, 0.2) is 72.3 Å². The molecule has 0 unspecified atom stereocenters. The topological polar surface area (TPSA) is 137 Å². The highest BCUT2D eigenvalue weighted by molar-refractivity contribution is 6.39. The van der Waals surface area contributed by atoms with E-state index in [0.29, 0.717) is 35.0 Å². The van der Waals surface area contributed by atoms with Crippen LogP contribution < -0.4 is 24.4 Å². The fourth-order valence-electron chi connectivity index (χ4n) is 3.72. The molecule has 0 radical (unpaired) electrons. The summed E-state index contributed by atoms with van der Waals surface area (Å²) in [6, 6.07) is 16.2. The molecule has 3 aromatic carbocycles. The number of nitro groups is 1. The molecule has 39 heavy (non-hydrogen) atoms. The van der Waals surface area contributed by atoms with Crippen LogP contribution in [0, 0.1) is 10.1 Å². The van der Waals surface area contributed by atoms with Gasteiger partial charge in [-0.05, 0) is 66.6 Å². The number of urea groups is 1. The Kier molecular flexibility index (Phi) is 8.20. The Balaban J connectivity index is 1.61. The molecular formula is C28H25N3O8. The zero-order valence-electron chi connectivity index (χ0n) is 21.2. The normalized spacial score (nSPS) is 14.3. The number of rotatable bonds is 10. The molecule has 3 aromatic rings. The molecule has 0 spiro atoms. The number of anilines is 1. The number of ether oxygens (including phenoxy) is 3. The second-order valence-corrected chi connectivity index (χ2v) is 8.42. The highest BCUT2D eigenvalue weighted by atomic mass is 16.6. The Morgan fingerprint density at radius 2 is 1.64 bits per heavy atom. The van der Waals surface area contributed by atoms with Crippen LogP contribution in [0.25, 0.3) is 6.08 Å². The lowest BCUT2D eigenvalue weighted by atomic mass is 10.1. The van der Waals surface area contributed by atoms with Crippen molar-refractivity contribution in [2.24, 2.45) is 0 Å². The van der Waals surface area contributed by atoms with Crippen LogP contribution >= 0.6 is 0 Å². The number of carbonyl (C=O) groups is 3. The molecule has 11 nitrogen and oxygen atoms in total. The number of imide groups is 2. The van der Waals surface area contributed by atoms with Crippen molar-refractivity contribution in [1.82, 2.24) is 5.32 Å². The van der Waals surface area contributed by atoms with Crippen LogP contribution in [0.3, 0.4) is 0 Å². The van der Waals surface area contributed by atoms with E-state index in [9.17, 15) is 24.5 Å². The highest BCUT2D eigenvalue weighted by Crippen LogP contribution is 2.30. The van der Waals surface area contributed by atoms with Crippen molar-refractivity contribution in [3.8, 4) is 17.2 Å². The Morgan fingerprint density at radius 1 is 0.949 bits per heavy atom. The molecule has 1 aliphatic heterocycles. The number of benzene rings is 3. The van der Waals surface area contributed by atoms with Gasteiger partial charge in [-0.25, -0.2) is 9.69 Å². The Hall–Kier alpha value is -5.19. The van der Waals surface area contributed by atoms with Gasteiger partial charge >= 0.3 is 6.03 Å². The number of amides is 4. The van der Waals surface area contributed by atoms with E-state index in [0.717, 1.165) is 11.3 Å². The van der Waals surface area contributed by atoms with Gasteiger partial charge in [0.15, 0.2) is 0 Å². The van der Waals surface area contributed by atoms with Gasteiger partial charge in [0.2, 0.25) is 0 Å². The molecule has 1 saturated heterocycles. The Labute approximate surface area is 223 Å². The van der Waals surface area contributed by atoms with Gasteiger partial charge in [0.25, 0.3) is 17.5 Å². The number of non-ortho nitro benzene ring substituents is 1. The molecule has 4 rings (SSSR count). The number of nitro benzene ring substituents is 1. The predicted octanol–water partition coefficient (Wildman–Crippen LogP) is 4.64. The number of carbonyl (C=O) groups excluding carboxylic acids is 3. The third-order valence-electron chi connectivity index (χ3n) is 5.73. The number of methoxy groups -OCH3 is 1. The van der Waals surface area contributed by atoms with Crippen LogP contribution in [-0.4, -0.2) is 36.5 Å². The summed E-state index contributed by atoms with van der Waals surface area (Å²) in [6.45, 7) is 2.56. The van der Waals surface area contributed by atoms with Crippen LogP contribution in [0.4, 0.5) is 16.2 Å². The van der Waals surface area contributed by atoms with Crippen molar-refractivity contribution in [3.63, 3.8) is 0 Å². The molecule has 1 fully saturated rings. The fraction of sp³-hybridized carbons (Fsp3) is 0.179. The minimum absolute atomic E-state index is 0.0467. The van der Waals surface area contributed by atoms with E-state index < -0.39 is 22.8 Å². The van der Waals surface area contributed by atoms with Gasteiger partial charge in [-0.2, -0.15) is 0 Å². The highest BCUT2D eigenvalue weighted by Gasteiger charge is 2.37. The molecule has 4 amide bonds. The molecule has 1 N–H and O–H groups in total. The number of barbiturate groups is 1. The summed E-state index contributed by atoms with van der Waals surface area (Å²) in [5, 5.41) is 13.1. The van der Waals surface area contributed by atoms with Gasteiger partial charge in [-0.15, -0.1) is 0 Å². The van der Waals surface area contributed by atoms with E-state index in [-0.39, 0.29) is 23.6 Å². The van der Waals surface area contributed by atoms with Gasteiger partial charge in [0, 0.05) is 23.8 Å². The molecule has 1 heterocycles. The summed E-state index contributed by atoms with van der Waals surface area (Å²) in [6.07, 6.45) is 2.16. The van der Waals surface area contributed by atoms with E-state index in [1.165, 1.54) is 25.3 Å². The third kappa shape index (κ3) is 6.21. The lowest BCUT2D eigenvalue weighted by Crippen LogP contribution is -2.54. The molecule has 1 aliphatic rings. The van der Waals surface area contributed by atoms with Gasteiger partial charge < -0.3 is 14.2 Å². The van der Waals surface area contributed by atoms with Crippen LogP contribution in [0.1, 0.15) is 24.5 Å². The SMILES string of the molecule is CCCOc1ccc(N2C(=O)NC(=O)/C(=C/c3ccc(OC)cc3OCc3ccc([N+](=O)[O-])cc3)C2=O)cc1. The Bertz CT molecular complexity index is 1430. The molecule has 200 valence electrons. The summed E-state index contributed by atoms with van der Waals surface area (Å²) < 4.78 is 16.7. The average Bonchev–Trinajstić information content (AvgIpc) is 2.94. The maximum absolute atomic E-state index is 13.3. The van der Waals surface area contributed by atoms with Crippen molar-refractivity contribution in [2.45, 2.75) is 20.0 Å². The third-order valence-corrected chi connectivity index (χ3v) is 5.73. The van der Waals surface area contributed by atoms with E-state index in [1.54, 1.807) is 54.6 Å². The van der Waals surface area contributed by atoms with Crippen molar-refractivity contribution >= 4 is 35.3 Å². The average molecular weight is 532 g/mol. The first-order valence-corrected chi connectivity index (χ1v) is 12.0. The summed E-state index contributed by atoms with van der Waals surface area (Å²) in [5.74, 6) is -0.297. The minimum atomic E-state index is -0.867. The predicted molar refractivity (Wildman–Crippen MR) is 142 cm³/mol. The van der Waals surface area contributed by atoms with Crippen molar-refractivity contribution in [1.29, 1.82) is 0 Å². The van der Waals surface area contributed by atoms with Crippen LogP contribution in [0.5, 0.6) is 17.2 Å². The van der Waals surface area contributed by atoms with E-state index in [4.69, 9.17) is 14.2 Å². The fourth-order valence-corrected chi connectivity index (χ4v) is 3.72. The van der Waals surface area contributed by atoms with Crippen molar-refractivity contribution in [3.05, 3.63) is 93.5 Å². The van der Waals surface area contributed by atoms with E-state index >= 15 is 0 Å². The van der Waals surface area contributed by atoms with Gasteiger partial charge in [-0.1, -0.05) is 6.92 Å². The number of hydrogen-bond donors (Lipinski definition) is 1. The molecule has 0 aromatic heterocycles. The number of nitrogens with one attached hydrogen (secondary N) is 1. The molecule has 0 aliphatic carbocycles. The second kappa shape index (κ2) is 11.9. The van der Waals surface area contributed by atoms with Crippen LogP contribution in [-0.2, 0) is 16.2 Å². The first-order valence-electron chi connectivity index (χ1n) is 12.0. The molecular weight excluding hydrogens is 506 g/mol. The second-order valence-electron chi connectivity index (χ2n) is 8.42. The number of hydrogen-bond acceptors (Lipinski definition) is 8. The maximum Gasteiger partial charge on any atom is 0.335 e. The lowest BCUT2D eigenvalue weighted by molar-refractivity contribution is -0.384. The van der Waals surface area contributed by atoms with E-state index in [1.807, 2.05) is 6.92 Å². The monoisotopic (exact) mass is 531 g/mol. The minimum Gasteiger partial charge on any atom is -0.497 e. The van der Waals surface area contributed by atoms with Gasteiger partial charge in [0.05, 0.1) is 24.3 Å². The van der Waals surface area contributed by atoms with E-state index in [2.05, 4.69) is 5.32 Å². The van der Waals surface area contributed by atoms with Crippen LogP contribution in [0.2, 0.25) is 0 Å². The van der Waals surface area contributed by atoms with Gasteiger partial charge in [-0.3, -0.25) is 25.0 Å². The summed E-state index contributed by atoms with van der Waals surface area (Å²) in [4.78, 5) is 49.9. The zero-order chi connectivity index (χ0) is 27.9. The van der Waals surface area contributed by atoms with Crippen molar-refractivity contribution in [2.75, 3.05) is 18.6 Å². The first kappa shape index (κ1) is 26.9. The largest absolute Gasteiger partial charge is 0.497 e. The zero-order valence-corrected chi connectivity index (χ0v) is 21.2. The summed E-state index contributed by atoms with van der Waals surface area (Å²) in [7, 11) is 1.48. The van der Waals surface area contributed by atoms with Crippen molar-refractivity contribution < 1.29 is 33.5 Å². The quantitative estimate of drug-likeness (QED) is 0.173. The summed E-state index contributed by atoms with van der Waals surface area (Å²) in [5.41, 5.74) is 0.996. The summed E-state index contributed by atoms with van der Waals surface area (Å²) >= 11 is 0. The molecule has 11 heteroatoms. The molecule has 0 atom stereocenters. The van der Waals surface area contributed by atoms with Gasteiger partial charge in [0.1, 0.15) is 29.4 Å². The number of nitrogens with zero attached hydrogens (tertiary/aromatic N) is 2. The molecule has 0 bridgehead atoms. The molecule has 0 saturated carbocycles.